The molecule has 0 radical (unpaired) electrons. The first kappa shape index (κ1) is 13.7. The maximum atomic E-state index is 14.3. The van der Waals surface area contributed by atoms with E-state index < -0.39 is 0 Å². The van der Waals surface area contributed by atoms with Crippen molar-refractivity contribution in [1.29, 1.82) is 0 Å². The smallest absolute Gasteiger partial charge is 0.255 e. The van der Waals surface area contributed by atoms with Crippen LogP contribution in [-0.4, -0.2) is 11.2 Å². The Kier molecular flexibility index (Phi) is 3.20. The summed E-state index contributed by atoms with van der Waals surface area (Å²) in [6, 6.07) is 5.26. The number of hydrogen-bond donors (Lipinski definition) is 1. The predicted molar refractivity (Wildman–Crippen MR) is 82.8 cm³/mol. The lowest BCUT2D eigenvalue weighted by atomic mass is 10.1. The summed E-state index contributed by atoms with van der Waals surface area (Å²) in [4.78, 5) is 13.9. The van der Waals surface area contributed by atoms with Gasteiger partial charge >= 0.3 is 0 Å². The Bertz CT molecular complexity index is 767. The molecule has 2 heterocycles. The first-order chi connectivity index (χ1) is 10.0. The topological polar surface area (TPSA) is 37.3 Å². The van der Waals surface area contributed by atoms with Crippen molar-refractivity contribution in [3.8, 4) is 0 Å². The SMILES string of the molecule is CCc1ccc(N2CNc3cn(C)c(=O)c(C)c32)c(F)c1. The van der Waals surface area contributed by atoms with Gasteiger partial charge in [0.1, 0.15) is 5.82 Å². The molecule has 0 aliphatic carbocycles. The second-order valence-corrected chi connectivity index (χ2v) is 5.33. The minimum absolute atomic E-state index is 0.0620. The van der Waals surface area contributed by atoms with Crippen LogP contribution >= 0.6 is 0 Å². The highest BCUT2D eigenvalue weighted by Gasteiger charge is 2.26. The van der Waals surface area contributed by atoms with Crippen LogP contribution in [0.2, 0.25) is 0 Å². The van der Waals surface area contributed by atoms with Gasteiger partial charge in [-0.1, -0.05) is 13.0 Å². The molecule has 1 aliphatic rings. The van der Waals surface area contributed by atoms with Gasteiger partial charge in [-0.15, -0.1) is 0 Å². The molecule has 1 N–H and O–H groups in total. The predicted octanol–water partition coefficient (Wildman–Crippen LogP) is 2.92. The molecular formula is C16H18FN3O. The third-order valence-corrected chi connectivity index (χ3v) is 3.98. The van der Waals surface area contributed by atoms with E-state index in [4.69, 9.17) is 0 Å². The number of nitrogens with one attached hydrogen (secondary N) is 1. The average molecular weight is 287 g/mol. The molecule has 110 valence electrons. The Balaban J connectivity index is 2.13. The number of aromatic nitrogens is 1. The van der Waals surface area contributed by atoms with E-state index >= 15 is 0 Å². The van der Waals surface area contributed by atoms with Crippen LogP contribution in [0.3, 0.4) is 0 Å². The van der Waals surface area contributed by atoms with Crippen LogP contribution < -0.4 is 15.8 Å². The standard InChI is InChI=1S/C16H18FN3O/c1-4-11-5-6-14(12(17)7-11)20-9-18-13-8-19(3)16(21)10(2)15(13)20/h5-8,18H,4,9H2,1-3H3. The van der Waals surface area contributed by atoms with Crippen LogP contribution in [0.4, 0.5) is 21.5 Å². The molecule has 0 unspecified atom stereocenters. The third kappa shape index (κ3) is 2.09. The normalized spacial score (nSPS) is 13.2. The molecule has 5 heteroatoms. The molecule has 1 aromatic heterocycles. The molecule has 0 saturated heterocycles. The van der Waals surface area contributed by atoms with Crippen LogP contribution in [-0.2, 0) is 13.5 Å². The summed E-state index contributed by atoms with van der Waals surface area (Å²) < 4.78 is 15.9. The molecule has 2 aromatic rings. The number of hydrogen-bond acceptors (Lipinski definition) is 3. The minimum Gasteiger partial charge on any atom is -0.365 e. The molecule has 4 nitrogen and oxygen atoms in total. The summed E-state index contributed by atoms with van der Waals surface area (Å²) in [6.45, 7) is 4.23. The Morgan fingerprint density at radius 3 is 2.81 bits per heavy atom. The highest BCUT2D eigenvalue weighted by atomic mass is 19.1. The zero-order valence-electron chi connectivity index (χ0n) is 12.4. The first-order valence-corrected chi connectivity index (χ1v) is 7.03. The zero-order valence-corrected chi connectivity index (χ0v) is 12.4. The van der Waals surface area contributed by atoms with E-state index in [0.717, 1.165) is 23.4 Å². The highest BCUT2D eigenvalue weighted by Crippen LogP contribution is 2.38. The Labute approximate surface area is 122 Å². The number of halogens is 1. The molecule has 0 atom stereocenters. The Morgan fingerprint density at radius 2 is 2.14 bits per heavy atom. The van der Waals surface area contributed by atoms with Crippen LogP contribution in [0.25, 0.3) is 0 Å². The van der Waals surface area contributed by atoms with Crippen molar-refractivity contribution in [2.75, 3.05) is 16.9 Å². The molecule has 3 rings (SSSR count). The minimum atomic E-state index is -0.260. The molecule has 0 spiro atoms. The maximum Gasteiger partial charge on any atom is 0.255 e. The van der Waals surface area contributed by atoms with Crippen molar-refractivity contribution in [3.63, 3.8) is 0 Å². The van der Waals surface area contributed by atoms with Crippen molar-refractivity contribution in [2.45, 2.75) is 20.3 Å². The van der Waals surface area contributed by atoms with Crippen molar-refractivity contribution in [3.05, 3.63) is 51.7 Å². The van der Waals surface area contributed by atoms with Crippen LogP contribution in [0.1, 0.15) is 18.1 Å². The number of benzene rings is 1. The van der Waals surface area contributed by atoms with Gasteiger partial charge in [0.2, 0.25) is 0 Å². The van der Waals surface area contributed by atoms with Crippen molar-refractivity contribution in [2.24, 2.45) is 7.05 Å². The van der Waals surface area contributed by atoms with Gasteiger partial charge in [0.25, 0.3) is 5.56 Å². The second-order valence-electron chi connectivity index (χ2n) is 5.33. The van der Waals surface area contributed by atoms with E-state index in [-0.39, 0.29) is 11.4 Å². The summed E-state index contributed by atoms with van der Waals surface area (Å²) in [5, 5.41) is 3.21. The van der Waals surface area contributed by atoms with Gasteiger partial charge in [0.15, 0.2) is 0 Å². The van der Waals surface area contributed by atoms with Crippen molar-refractivity contribution < 1.29 is 4.39 Å². The van der Waals surface area contributed by atoms with E-state index in [1.807, 2.05) is 17.9 Å². The Hall–Kier alpha value is -2.30. The monoisotopic (exact) mass is 287 g/mol. The fourth-order valence-electron chi connectivity index (χ4n) is 2.80. The zero-order chi connectivity index (χ0) is 15.1. The third-order valence-electron chi connectivity index (χ3n) is 3.98. The summed E-state index contributed by atoms with van der Waals surface area (Å²) in [6.07, 6.45) is 2.55. The second kappa shape index (κ2) is 4.91. The molecule has 0 amide bonds. The van der Waals surface area contributed by atoms with E-state index in [1.54, 1.807) is 36.9 Å². The highest BCUT2D eigenvalue weighted by molar-refractivity contribution is 5.83. The Morgan fingerprint density at radius 1 is 1.38 bits per heavy atom. The largest absolute Gasteiger partial charge is 0.365 e. The van der Waals surface area contributed by atoms with Crippen molar-refractivity contribution in [1.82, 2.24) is 4.57 Å². The molecule has 1 aliphatic heterocycles. The fourth-order valence-corrected chi connectivity index (χ4v) is 2.80. The summed E-state index contributed by atoms with van der Waals surface area (Å²) in [7, 11) is 1.72. The summed E-state index contributed by atoms with van der Waals surface area (Å²) >= 11 is 0. The maximum absolute atomic E-state index is 14.3. The first-order valence-electron chi connectivity index (χ1n) is 7.03. The van der Waals surface area contributed by atoms with Gasteiger partial charge in [0.05, 0.1) is 23.7 Å². The lowest BCUT2D eigenvalue weighted by Gasteiger charge is -2.21. The van der Waals surface area contributed by atoms with E-state index in [9.17, 15) is 9.18 Å². The van der Waals surface area contributed by atoms with Gasteiger partial charge in [-0.25, -0.2) is 4.39 Å². The van der Waals surface area contributed by atoms with Crippen LogP contribution in [0.5, 0.6) is 0 Å². The lowest BCUT2D eigenvalue weighted by Crippen LogP contribution is -2.23. The van der Waals surface area contributed by atoms with E-state index in [1.165, 1.54) is 0 Å². The molecular weight excluding hydrogens is 269 g/mol. The molecule has 0 bridgehead atoms. The van der Waals surface area contributed by atoms with E-state index in [2.05, 4.69) is 5.32 Å². The number of pyridine rings is 1. The van der Waals surface area contributed by atoms with Crippen LogP contribution in [0, 0.1) is 12.7 Å². The van der Waals surface area contributed by atoms with Gasteiger partial charge in [-0.2, -0.15) is 0 Å². The molecule has 1 aromatic carbocycles. The fraction of sp³-hybridized carbons (Fsp3) is 0.312. The summed E-state index contributed by atoms with van der Waals surface area (Å²) in [5.74, 6) is -0.260. The van der Waals surface area contributed by atoms with Gasteiger partial charge < -0.3 is 14.8 Å². The van der Waals surface area contributed by atoms with Gasteiger partial charge in [0, 0.05) is 18.8 Å². The number of fused-ring (bicyclic) bond motifs is 1. The number of rotatable bonds is 2. The average Bonchev–Trinajstić information content (AvgIpc) is 2.88. The molecule has 0 fully saturated rings. The molecule has 21 heavy (non-hydrogen) atoms. The van der Waals surface area contributed by atoms with Gasteiger partial charge in [-0.3, -0.25) is 4.79 Å². The van der Waals surface area contributed by atoms with E-state index in [0.29, 0.717) is 17.9 Å². The number of aryl methyl sites for hydroxylation is 2. The number of anilines is 3. The van der Waals surface area contributed by atoms with Gasteiger partial charge in [-0.05, 0) is 31.0 Å². The number of nitrogens with zero attached hydrogens (tertiary/aromatic N) is 2. The molecule has 0 saturated carbocycles. The quantitative estimate of drug-likeness (QED) is 0.923. The lowest BCUT2D eigenvalue weighted by molar-refractivity contribution is 0.624. The van der Waals surface area contributed by atoms with Crippen molar-refractivity contribution >= 4 is 17.1 Å². The summed E-state index contributed by atoms with van der Waals surface area (Å²) in [5.41, 5.74) is 3.64. The van der Waals surface area contributed by atoms with Crippen LogP contribution in [0.15, 0.2) is 29.2 Å².